The monoisotopic (exact) mass is 282 g/mol. The van der Waals surface area contributed by atoms with E-state index in [-0.39, 0.29) is 0 Å². The molecule has 0 saturated heterocycles. The fourth-order valence-corrected chi connectivity index (χ4v) is 2.46. The molecule has 0 aliphatic carbocycles. The Morgan fingerprint density at radius 1 is 0.917 bits per heavy atom. The van der Waals surface area contributed by atoms with Crippen LogP contribution in [-0.2, 0) is 0 Å². The zero-order chi connectivity index (χ0) is 8.55. The van der Waals surface area contributed by atoms with E-state index in [1.807, 2.05) is 24.3 Å². The van der Waals surface area contributed by atoms with Gasteiger partial charge < -0.3 is 0 Å². The molecular formula is C10H4Br2. The molecule has 0 spiro atoms. The molecule has 0 aromatic heterocycles. The summed E-state index contributed by atoms with van der Waals surface area (Å²) in [6.07, 6.45) is 0. The van der Waals surface area contributed by atoms with Crippen molar-refractivity contribution in [1.82, 2.24) is 0 Å². The maximum atomic E-state index is 3.48. The number of halogens is 2. The van der Waals surface area contributed by atoms with Gasteiger partial charge in [0.05, 0.1) is 0 Å². The average molecular weight is 284 g/mol. The Morgan fingerprint density at radius 3 is 1.83 bits per heavy atom. The molecule has 58 valence electrons. The minimum absolute atomic E-state index is 0.999. The first kappa shape index (κ1) is 8.27. The normalized spacial score (nSPS) is 10.5. The molecule has 0 aliphatic heterocycles. The van der Waals surface area contributed by atoms with Gasteiger partial charge in [0.2, 0.25) is 0 Å². The molecule has 0 nitrogen and oxygen atoms in total. The zero-order valence-corrected chi connectivity index (χ0v) is 9.24. The second kappa shape index (κ2) is 3.19. The summed E-state index contributed by atoms with van der Waals surface area (Å²) in [4.78, 5) is 0. The van der Waals surface area contributed by atoms with E-state index < -0.39 is 0 Å². The van der Waals surface area contributed by atoms with Gasteiger partial charge in [-0.2, -0.15) is 0 Å². The van der Waals surface area contributed by atoms with Crippen molar-refractivity contribution in [3.63, 3.8) is 0 Å². The van der Waals surface area contributed by atoms with Gasteiger partial charge in [0.1, 0.15) is 0 Å². The smallest absolute Gasteiger partial charge is 0.0265 e. The van der Waals surface area contributed by atoms with Crippen molar-refractivity contribution in [2.75, 3.05) is 0 Å². The number of rotatable bonds is 0. The van der Waals surface area contributed by atoms with Gasteiger partial charge in [-0.1, -0.05) is 44.0 Å². The van der Waals surface area contributed by atoms with Gasteiger partial charge in [-0.15, -0.1) is 0 Å². The molecule has 0 atom stereocenters. The Bertz CT molecular complexity index is 384. The van der Waals surface area contributed by atoms with Crippen molar-refractivity contribution in [3.8, 4) is 0 Å². The van der Waals surface area contributed by atoms with Crippen molar-refractivity contribution in [2.45, 2.75) is 0 Å². The molecule has 12 heavy (non-hydrogen) atoms. The highest BCUT2D eigenvalue weighted by molar-refractivity contribution is 9.11. The van der Waals surface area contributed by atoms with Crippen molar-refractivity contribution >= 4 is 42.6 Å². The Balaban J connectivity index is 2.96. The summed E-state index contributed by atoms with van der Waals surface area (Å²) in [5.41, 5.74) is 0. The van der Waals surface area contributed by atoms with Crippen molar-refractivity contribution in [1.29, 1.82) is 0 Å². The molecule has 0 amide bonds. The molecule has 0 fully saturated rings. The van der Waals surface area contributed by atoms with Crippen molar-refractivity contribution in [2.24, 2.45) is 0 Å². The van der Waals surface area contributed by atoms with Crippen molar-refractivity contribution in [3.05, 3.63) is 45.3 Å². The highest BCUT2D eigenvalue weighted by Crippen LogP contribution is 2.29. The summed E-state index contributed by atoms with van der Waals surface area (Å²) in [6.45, 7) is 0. The summed E-state index contributed by atoms with van der Waals surface area (Å²) in [5.74, 6) is 0. The van der Waals surface area contributed by atoms with E-state index >= 15 is 0 Å². The minimum Gasteiger partial charge on any atom is -0.0526 e. The van der Waals surface area contributed by atoms with E-state index in [1.54, 1.807) is 0 Å². The molecule has 0 unspecified atom stereocenters. The van der Waals surface area contributed by atoms with E-state index in [2.05, 4.69) is 44.0 Å². The Labute approximate surface area is 87.8 Å². The highest BCUT2D eigenvalue weighted by atomic mass is 79.9. The van der Waals surface area contributed by atoms with E-state index in [9.17, 15) is 0 Å². The molecule has 0 heterocycles. The number of fused-ring (bicyclic) bond motifs is 1. The molecule has 2 heteroatoms. The number of hydrogen-bond acceptors (Lipinski definition) is 0. The third kappa shape index (κ3) is 1.29. The lowest BCUT2D eigenvalue weighted by Gasteiger charge is -2.00. The molecular weight excluding hydrogens is 280 g/mol. The molecule has 0 aliphatic rings. The minimum atomic E-state index is 0.999. The first-order valence-corrected chi connectivity index (χ1v) is 5.04. The Kier molecular flexibility index (Phi) is 2.20. The lowest BCUT2D eigenvalue weighted by molar-refractivity contribution is 1.66. The van der Waals surface area contributed by atoms with Crippen molar-refractivity contribution < 1.29 is 0 Å². The second-order valence-corrected chi connectivity index (χ2v) is 4.11. The van der Waals surface area contributed by atoms with Gasteiger partial charge in [-0.05, 0) is 29.7 Å². The van der Waals surface area contributed by atoms with Crippen LogP contribution in [0.5, 0.6) is 0 Å². The van der Waals surface area contributed by atoms with Crippen LogP contribution in [0.1, 0.15) is 0 Å². The maximum absolute atomic E-state index is 3.48. The van der Waals surface area contributed by atoms with Gasteiger partial charge in [0.25, 0.3) is 0 Å². The average Bonchev–Trinajstić information content (AvgIpc) is 2.04. The van der Waals surface area contributed by atoms with E-state index in [0.29, 0.717) is 0 Å². The molecule has 2 aromatic carbocycles. The summed E-state index contributed by atoms with van der Waals surface area (Å²) in [7, 11) is 0. The first-order chi connectivity index (χ1) is 5.79. The van der Waals surface area contributed by atoms with Crippen LogP contribution < -0.4 is 0 Å². The summed E-state index contributed by atoms with van der Waals surface area (Å²) in [6, 6.07) is 13.9. The van der Waals surface area contributed by atoms with Gasteiger partial charge in [-0.3, -0.25) is 0 Å². The molecule has 0 bridgehead atoms. The Hall–Kier alpha value is -0.340. The predicted octanol–water partition coefficient (Wildman–Crippen LogP) is 3.97. The molecule has 0 N–H and O–H groups in total. The number of hydrogen-bond donors (Lipinski definition) is 0. The molecule has 2 rings (SSSR count). The van der Waals surface area contributed by atoms with Gasteiger partial charge in [0.15, 0.2) is 0 Å². The third-order valence-electron chi connectivity index (χ3n) is 1.64. The van der Waals surface area contributed by atoms with Crippen LogP contribution in [0.25, 0.3) is 10.8 Å². The zero-order valence-electron chi connectivity index (χ0n) is 6.07. The van der Waals surface area contributed by atoms with Crippen LogP contribution in [0.4, 0.5) is 0 Å². The van der Waals surface area contributed by atoms with Gasteiger partial charge >= 0.3 is 0 Å². The maximum Gasteiger partial charge on any atom is 0.0265 e. The quantitative estimate of drug-likeness (QED) is 0.686. The van der Waals surface area contributed by atoms with E-state index in [0.717, 1.165) is 19.7 Å². The molecule has 2 radical (unpaired) electrons. The van der Waals surface area contributed by atoms with E-state index in [4.69, 9.17) is 0 Å². The van der Waals surface area contributed by atoms with Gasteiger partial charge in [0, 0.05) is 14.3 Å². The van der Waals surface area contributed by atoms with Crippen LogP contribution in [0.15, 0.2) is 33.2 Å². The van der Waals surface area contributed by atoms with E-state index in [1.165, 1.54) is 0 Å². The SMILES string of the molecule is Brc1cc[c]c2[c]ccc(Br)c12. The van der Waals surface area contributed by atoms with Crippen LogP contribution in [0.3, 0.4) is 0 Å². The summed E-state index contributed by atoms with van der Waals surface area (Å²) in [5, 5.41) is 2.12. The lowest BCUT2D eigenvalue weighted by atomic mass is 10.1. The molecule has 0 saturated carbocycles. The summed E-state index contributed by atoms with van der Waals surface area (Å²) < 4.78 is 2.14. The third-order valence-corrected chi connectivity index (χ3v) is 2.96. The van der Waals surface area contributed by atoms with Gasteiger partial charge in [-0.25, -0.2) is 0 Å². The summed E-state index contributed by atoms with van der Waals surface area (Å²) >= 11 is 6.96. The second-order valence-electron chi connectivity index (χ2n) is 2.40. The van der Waals surface area contributed by atoms with Crippen LogP contribution in [0.2, 0.25) is 0 Å². The Morgan fingerprint density at radius 2 is 1.42 bits per heavy atom. The fourth-order valence-electron chi connectivity index (χ4n) is 1.10. The van der Waals surface area contributed by atoms with Crippen LogP contribution >= 0.6 is 31.9 Å². The first-order valence-electron chi connectivity index (χ1n) is 3.45. The molecule has 2 aromatic rings. The predicted molar refractivity (Wildman–Crippen MR) is 57.0 cm³/mol. The fraction of sp³-hybridized carbons (Fsp3) is 0. The van der Waals surface area contributed by atoms with Crippen LogP contribution in [0, 0.1) is 12.1 Å². The highest BCUT2D eigenvalue weighted by Gasteiger charge is 2.00. The number of benzene rings is 2. The largest absolute Gasteiger partial charge is 0.0526 e. The van der Waals surface area contributed by atoms with Crippen LogP contribution in [-0.4, -0.2) is 0 Å². The lowest BCUT2D eigenvalue weighted by Crippen LogP contribution is -1.76. The standard InChI is InChI=1S/C10H4Br2/c11-8-5-1-3-7-4-2-6-9(12)10(7)8/h1-2,5-6H. The topological polar surface area (TPSA) is 0 Å².